The summed E-state index contributed by atoms with van der Waals surface area (Å²) in [6.45, 7) is 0.416. The van der Waals surface area contributed by atoms with Gasteiger partial charge < -0.3 is 4.57 Å². The van der Waals surface area contributed by atoms with Gasteiger partial charge in [-0.05, 0) is 42.0 Å². The van der Waals surface area contributed by atoms with Crippen molar-refractivity contribution in [1.29, 1.82) is 5.26 Å². The van der Waals surface area contributed by atoms with Crippen LogP contribution in [0.25, 0.3) is 17.0 Å². The maximum Gasteiger partial charge on any atom is 0.216 e. The number of nitrogens with zero attached hydrogens (tertiary/aromatic N) is 2. The van der Waals surface area contributed by atoms with E-state index < -0.39 is 9.84 Å². The number of nitriles is 1. The first-order valence-corrected chi connectivity index (χ1v) is 10.7. The minimum Gasteiger partial charge on any atom is -0.342 e. The van der Waals surface area contributed by atoms with E-state index >= 15 is 0 Å². The van der Waals surface area contributed by atoms with Crippen LogP contribution in [0.1, 0.15) is 11.1 Å². The average Bonchev–Trinajstić information content (AvgIpc) is 3.10. The van der Waals surface area contributed by atoms with Crippen molar-refractivity contribution in [2.75, 3.05) is 0 Å². The van der Waals surface area contributed by atoms with E-state index in [0.29, 0.717) is 12.1 Å². The third kappa shape index (κ3) is 3.76. The van der Waals surface area contributed by atoms with Gasteiger partial charge in [-0.1, -0.05) is 48.5 Å². The van der Waals surface area contributed by atoms with Crippen LogP contribution >= 0.6 is 0 Å². The quantitative estimate of drug-likeness (QED) is 0.422. The second-order valence-corrected chi connectivity index (χ2v) is 8.71. The molecule has 0 amide bonds. The number of allylic oxidation sites excluding steroid dienone is 1. The van der Waals surface area contributed by atoms with Crippen molar-refractivity contribution in [3.8, 4) is 6.07 Å². The number of para-hydroxylation sites is 1. The van der Waals surface area contributed by atoms with Gasteiger partial charge in [-0.3, -0.25) is 0 Å². The van der Waals surface area contributed by atoms with Crippen molar-refractivity contribution in [3.05, 3.63) is 107 Å². The Morgan fingerprint density at radius 1 is 1.00 bits per heavy atom. The minimum atomic E-state index is -3.93. The summed E-state index contributed by atoms with van der Waals surface area (Å²) in [5.74, 6) is -0.315. The van der Waals surface area contributed by atoms with Gasteiger partial charge in [0.25, 0.3) is 0 Å². The van der Waals surface area contributed by atoms with Crippen LogP contribution in [0.15, 0.2) is 94.9 Å². The summed E-state index contributed by atoms with van der Waals surface area (Å²) in [5, 5.41) is 10.4. The van der Waals surface area contributed by atoms with Gasteiger partial charge in [0.2, 0.25) is 9.84 Å². The van der Waals surface area contributed by atoms with Crippen molar-refractivity contribution >= 4 is 26.8 Å². The molecule has 0 saturated carbocycles. The first-order chi connectivity index (χ1) is 14.5. The molecule has 0 saturated heterocycles. The maximum atomic E-state index is 13.6. The van der Waals surface area contributed by atoms with Crippen LogP contribution in [0.5, 0.6) is 0 Å². The van der Waals surface area contributed by atoms with Crippen LogP contribution in [-0.2, 0) is 16.4 Å². The molecule has 0 radical (unpaired) electrons. The first kappa shape index (κ1) is 19.6. The van der Waals surface area contributed by atoms with Gasteiger partial charge in [0.15, 0.2) is 0 Å². The SMILES string of the molecule is N#C/C(=C/c1cn(Cc2cccc(F)c2)c2ccccc12)S(=O)(=O)c1ccccc1. The van der Waals surface area contributed by atoms with Crippen molar-refractivity contribution < 1.29 is 12.8 Å². The van der Waals surface area contributed by atoms with Crippen LogP contribution in [-0.4, -0.2) is 13.0 Å². The monoisotopic (exact) mass is 416 g/mol. The highest BCUT2D eigenvalue weighted by atomic mass is 32.2. The number of fused-ring (bicyclic) bond motifs is 1. The number of hydrogen-bond donors (Lipinski definition) is 0. The average molecular weight is 416 g/mol. The van der Waals surface area contributed by atoms with E-state index in [1.807, 2.05) is 41.0 Å². The third-order valence-electron chi connectivity index (χ3n) is 4.80. The van der Waals surface area contributed by atoms with Crippen LogP contribution in [0.3, 0.4) is 0 Å². The van der Waals surface area contributed by atoms with Gasteiger partial charge in [0, 0.05) is 29.2 Å². The molecular formula is C24H17FN2O2S. The second-order valence-electron chi connectivity index (χ2n) is 6.80. The number of hydrogen-bond acceptors (Lipinski definition) is 3. The molecule has 30 heavy (non-hydrogen) atoms. The lowest BCUT2D eigenvalue weighted by Gasteiger charge is -2.05. The molecule has 0 atom stereocenters. The molecule has 0 N–H and O–H groups in total. The fourth-order valence-electron chi connectivity index (χ4n) is 3.39. The van der Waals surface area contributed by atoms with Gasteiger partial charge in [-0.2, -0.15) is 5.26 Å². The van der Waals surface area contributed by atoms with E-state index in [0.717, 1.165) is 16.5 Å². The van der Waals surface area contributed by atoms with Crippen LogP contribution in [0, 0.1) is 17.1 Å². The van der Waals surface area contributed by atoms with E-state index in [2.05, 4.69) is 0 Å². The molecular weight excluding hydrogens is 399 g/mol. The van der Waals surface area contributed by atoms with Crippen molar-refractivity contribution in [1.82, 2.24) is 4.57 Å². The Hall–Kier alpha value is -3.69. The zero-order chi connectivity index (χ0) is 21.1. The molecule has 0 aliphatic rings. The van der Waals surface area contributed by atoms with Crippen molar-refractivity contribution in [2.45, 2.75) is 11.4 Å². The molecule has 3 aromatic carbocycles. The summed E-state index contributed by atoms with van der Waals surface area (Å²) in [4.78, 5) is -0.261. The van der Waals surface area contributed by atoms with Crippen molar-refractivity contribution in [2.24, 2.45) is 0 Å². The molecule has 0 unspecified atom stereocenters. The Balaban J connectivity index is 1.82. The predicted octanol–water partition coefficient (Wildman–Crippen LogP) is 5.17. The van der Waals surface area contributed by atoms with E-state index in [4.69, 9.17) is 0 Å². The topological polar surface area (TPSA) is 62.9 Å². The van der Waals surface area contributed by atoms with Gasteiger partial charge in [-0.15, -0.1) is 0 Å². The Kier molecular flexibility index (Phi) is 5.21. The standard InChI is InChI=1S/C24H17FN2O2S/c25-20-8-6-7-18(13-20)16-27-17-19(23-11-4-5-12-24(23)27)14-22(15-26)30(28,29)21-9-2-1-3-10-21/h1-14,17H,16H2/b22-14-. The molecule has 0 fully saturated rings. The Labute approximate surface area is 174 Å². The number of aromatic nitrogens is 1. The summed E-state index contributed by atoms with van der Waals surface area (Å²) in [6.07, 6.45) is 3.18. The Bertz CT molecular complexity index is 1400. The normalized spacial score (nSPS) is 12.1. The molecule has 6 heteroatoms. The van der Waals surface area contributed by atoms with E-state index in [9.17, 15) is 18.1 Å². The molecule has 1 heterocycles. The summed E-state index contributed by atoms with van der Waals surface area (Å²) in [6, 6.07) is 23.6. The van der Waals surface area contributed by atoms with Gasteiger partial charge in [0.1, 0.15) is 16.8 Å². The van der Waals surface area contributed by atoms with Crippen LogP contribution in [0.2, 0.25) is 0 Å². The van der Waals surface area contributed by atoms with Crippen LogP contribution < -0.4 is 0 Å². The molecule has 4 aromatic rings. The minimum absolute atomic E-state index is 0.0706. The third-order valence-corrected chi connectivity index (χ3v) is 6.48. The molecule has 0 spiro atoms. The molecule has 4 nitrogen and oxygen atoms in total. The number of rotatable bonds is 5. The van der Waals surface area contributed by atoms with E-state index in [1.165, 1.54) is 30.3 Å². The number of sulfone groups is 1. The molecule has 1 aromatic heterocycles. The number of halogens is 1. The van der Waals surface area contributed by atoms with Gasteiger partial charge in [0.05, 0.1) is 4.90 Å². The molecule has 0 aliphatic heterocycles. The fraction of sp³-hybridized carbons (Fsp3) is 0.0417. The maximum absolute atomic E-state index is 13.6. The molecule has 4 rings (SSSR count). The lowest BCUT2D eigenvalue weighted by Crippen LogP contribution is -2.03. The summed E-state index contributed by atoms with van der Waals surface area (Å²) in [5.41, 5.74) is 2.25. The lowest BCUT2D eigenvalue weighted by molar-refractivity contribution is 0.603. The summed E-state index contributed by atoms with van der Waals surface area (Å²) in [7, 11) is -3.93. The summed E-state index contributed by atoms with van der Waals surface area (Å²) < 4.78 is 41.3. The highest BCUT2D eigenvalue weighted by Gasteiger charge is 2.21. The van der Waals surface area contributed by atoms with Crippen molar-refractivity contribution in [3.63, 3.8) is 0 Å². The zero-order valence-electron chi connectivity index (χ0n) is 15.9. The lowest BCUT2D eigenvalue weighted by atomic mass is 10.1. The second kappa shape index (κ2) is 7.97. The largest absolute Gasteiger partial charge is 0.342 e. The van der Waals surface area contributed by atoms with E-state index in [-0.39, 0.29) is 15.6 Å². The number of benzene rings is 3. The summed E-state index contributed by atoms with van der Waals surface area (Å²) >= 11 is 0. The Morgan fingerprint density at radius 2 is 1.73 bits per heavy atom. The fourth-order valence-corrected chi connectivity index (χ4v) is 4.56. The highest BCUT2D eigenvalue weighted by Crippen LogP contribution is 2.27. The van der Waals surface area contributed by atoms with E-state index in [1.54, 1.807) is 30.5 Å². The zero-order valence-corrected chi connectivity index (χ0v) is 16.7. The molecule has 148 valence electrons. The van der Waals surface area contributed by atoms with Gasteiger partial charge >= 0.3 is 0 Å². The molecule has 0 aliphatic carbocycles. The Morgan fingerprint density at radius 3 is 2.47 bits per heavy atom. The predicted molar refractivity (Wildman–Crippen MR) is 115 cm³/mol. The van der Waals surface area contributed by atoms with Gasteiger partial charge in [-0.25, -0.2) is 12.8 Å². The molecule has 0 bridgehead atoms. The first-order valence-electron chi connectivity index (χ1n) is 9.23. The highest BCUT2D eigenvalue weighted by molar-refractivity contribution is 7.95. The van der Waals surface area contributed by atoms with Crippen LogP contribution in [0.4, 0.5) is 4.39 Å². The smallest absolute Gasteiger partial charge is 0.216 e.